The van der Waals surface area contributed by atoms with Crippen LogP contribution in [-0.4, -0.2) is 28.8 Å². The molecule has 2 aromatic carbocycles. The summed E-state index contributed by atoms with van der Waals surface area (Å²) in [5.41, 5.74) is 0.954. The van der Waals surface area contributed by atoms with Crippen molar-refractivity contribution in [3.8, 4) is 5.75 Å². The number of nitrogens with zero attached hydrogens (tertiary/aromatic N) is 1. The average molecular weight is 424 g/mol. The number of benzene rings is 2. The minimum Gasteiger partial charge on any atom is -0.507 e. The molecule has 7 heteroatoms. The second kappa shape index (κ2) is 8.08. The highest BCUT2D eigenvalue weighted by Crippen LogP contribution is 2.43. The van der Waals surface area contributed by atoms with E-state index in [0.29, 0.717) is 27.7 Å². The number of carbonyl (C=O) groups is 2. The van der Waals surface area contributed by atoms with Crippen LogP contribution in [0.4, 0.5) is 0 Å². The molecule has 30 heavy (non-hydrogen) atoms. The number of ether oxygens (including phenoxy) is 1. The van der Waals surface area contributed by atoms with Crippen molar-refractivity contribution in [2.24, 2.45) is 0 Å². The number of para-hydroxylation sites is 1. The Morgan fingerprint density at radius 1 is 1.10 bits per heavy atom. The number of aliphatic hydroxyl groups is 1. The van der Waals surface area contributed by atoms with Crippen molar-refractivity contribution < 1.29 is 23.8 Å². The fourth-order valence-electron chi connectivity index (χ4n) is 3.59. The number of aliphatic hydroxyl groups excluding tert-OH is 1. The second-order valence-corrected chi connectivity index (χ2v) is 7.19. The standard InChI is InChI=1S/C23H18ClNO5/c1-29-18-7-3-2-6-17(18)20-19(21(26)14-8-10-15(24)11-9-14)22(27)23(28)25(20)13-16-5-4-12-30-16/h2-12,20,26H,13H2,1H3/b21-19+/t20-/m1/s1. The Balaban J connectivity index is 1.90. The van der Waals surface area contributed by atoms with Crippen LogP contribution in [0.3, 0.4) is 0 Å². The van der Waals surface area contributed by atoms with E-state index in [1.807, 2.05) is 0 Å². The summed E-state index contributed by atoms with van der Waals surface area (Å²) in [6.45, 7) is 0.0671. The predicted octanol–water partition coefficient (Wildman–Crippen LogP) is 4.56. The van der Waals surface area contributed by atoms with Gasteiger partial charge in [0, 0.05) is 16.1 Å². The maximum atomic E-state index is 13.0. The molecule has 1 aliphatic rings. The molecule has 0 bridgehead atoms. The number of hydrogen-bond donors (Lipinski definition) is 1. The number of hydrogen-bond acceptors (Lipinski definition) is 5. The summed E-state index contributed by atoms with van der Waals surface area (Å²) in [4.78, 5) is 27.3. The predicted molar refractivity (Wildman–Crippen MR) is 111 cm³/mol. The fraction of sp³-hybridized carbons (Fsp3) is 0.130. The van der Waals surface area contributed by atoms with E-state index in [0.717, 1.165) is 0 Å². The van der Waals surface area contributed by atoms with Crippen molar-refractivity contribution >= 4 is 29.1 Å². The molecule has 6 nitrogen and oxygen atoms in total. The van der Waals surface area contributed by atoms with Crippen molar-refractivity contribution in [3.05, 3.63) is 94.4 Å². The third kappa shape index (κ3) is 3.46. The van der Waals surface area contributed by atoms with Crippen molar-refractivity contribution in [3.63, 3.8) is 0 Å². The van der Waals surface area contributed by atoms with Gasteiger partial charge in [0.25, 0.3) is 11.7 Å². The Kier molecular flexibility index (Phi) is 5.33. The van der Waals surface area contributed by atoms with Crippen molar-refractivity contribution in [1.82, 2.24) is 4.90 Å². The quantitative estimate of drug-likeness (QED) is 0.369. The van der Waals surface area contributed by atoms with Gasteiger partial charge in [-0.3, -0.25) is 9.59 Å². The van der Waals surface area contributed by atoms with Gasteiger partial charge in [-0.2, -0.15) is 0 Å². The first-order valence-electron chi connectivity index (χ1n) is 9.21. The van der Waals surface area contributed by atoms with Gasteiger partial charge < -0.3 is 19.2 Å². The molecule has 2 heterocycles. The summed E-state index contributed by atoms with van der Waals surface area (Å²) < 4.78 is 10.9. The van der Waals surface area contributed by atoms with Crippen LogP contribution in [-0.2, 0) is 16.1 Å². The van der Waals surface area contributed by atoms with Crippen LogP contribution >= 0.6 is 11.6 Å². The molecular formula is C23H18ClNO5. The summed E-state index contributed by atoms with van der Waals surface area (Å²) in [7, 11) is 1.51. The van der Waals surface area contributed by atoms with Gasteiger partial charge in [0.15, 0.2) is 0 Å². The molecule has 0 spiro atoms. The molecule has 1 saturated heterocycles. The van der Waals surface area contributed by atoms with Gasteiger partial charge in [-0.15, -0.1) is 0 Å². The zero-order valence-electron chi connectivity index (χ0n) is 16.0. The van der Waals surface area contributed by atoms with Gasteiger partial charge >= 0.3 is 0 Å². The summed E-state index contributed by atoms with van der Waals surface area (Å²) in [6, 6.07) is 16.1. The van der Waals surface area contributed by atoms with E-state index >= 15 is 0 Å². The highest BCUT2D eigenvalue weighted by atomic mass is 35.5. The Bertz CT molecular complexity index is 1120. The topological polar surface area (TPSA) is 80.0 Å². The number of rotatable bonds is 5. The second-order valence-electron chi connectivity index (χ2n) is 6.76. The molecule has 1 fully saturated rings. The first-order chi connectivity index (χ1) is 14.5. The van der Waals surface area contributed by atoms with E-state index in [4.69, 9.17) is 20.8 Å². The zero-order valence-corrected chi connectivity index (χ0v) is 16.8. The maximum Gasteiger partial charge on any atom is 0.296 e. The zero-order chi connectivity index (χ0) is 21.3. The molecule has 1 N–H and O–H groups in total. The Morgan fingerprint density at radius 3 is 2.50 bits per heavy atom. The van der Waals surface area contributed by atoms with Gasteiger partial charge in [-0.25, -0.2) is 0 Å². The van der Waals surface area contributed by atoms with Crippen molar-refractivity contribution in [2.45, 2.75) is 12.6 Å². The van der Waals surface area contributed by atoms with Gasteiger partial charge in [0.1, 0.15) is 17.3 Å². The largest absolute Gasteiger partial charge is 0.507 e. The van der Waals surface area contributed by atoms with Crippen LogP contribution in [0.5, 0.6) is 5.75 Å². The molecule has 0 unspecified atom stereocenters. The lowest BCUT2D eigenvalue weighted by molar-refractivity contribution is -0.140. The van der Waals surface area contributed by atoms with Crippen LogP contribution in [0, 0.1) is 0 Å². The van der Waals surface area contributed by atoms with E-state index in [1.54, 1.807) is 60.7 Å². The lowest BCUT2D eigenvalue weighted by Crippen LogP contribution is -2.29. The summed E-state index contributed by atoms with van der Waals surface area (Å²) in [5, 5.41) is 11.5. The number of amides is 1. The van der Waals surface area contributed by atoms with Crippen molar-refractivity contribution in [2.75, 3.05) is 7.11 Å². The molecule has 1 aliphatic heterocycles. The van der Waals surface area contributed by atoms with E-state index in [2.05, 4.69) is 0 Å². The van der Waals surface area contributed by atoms with Gasteiger partial charge in [-0.1, -0.05) is 29.8 Å². The van der Waals surface area contributed by atoms with E-state index in [9.17, 15) is 14.7 Å². The molecule has 1 aromatic heterocycles. The Labute approximate surface area is 177 Å². The highest BCUT2D eigenvalue weighted by molar-refractivity contribution is 6.46. The number of halogens is 1. The third-order valence-electron chi connectivity index (χ3n) is 5.00. The van der Waals surface area contributed by atoms with Crippen LogP contribution in [0.1, 0.15) is 22.9 Å². The smallest absolute Gasteiger partial charge is 0.296 e. The normalized spacial score (nSPS) is 18.1. The third-order valence-corrected chi connectivity index (χ3v) is 5.25. The lowest BCUT2D eigenvalue weighted by Gasteiger charge is -2.25. The number of Topliss-reactive ketones (excluding diaryl/α,β-unsaturated/α-hetero) is 1. The minimum absolute atomic E-state index is 0.0154. The monoisotopic (exact) mass is 423 g/mol. The summed E-state index contributed by atoms with van der Waals surface area (Å²) in [5.74, 6) is -0.760. The Hall–Kier alpha value is -3.51. The van der Waals surface area contributed by atoms with Crippen LogP contribution in [0.2, 0.25) is 5.02 Å². The fourth-order valence-corrected chi connectivity index (χ4v) is 3.72. The minimum atomic E-state index is -0.845. The van der Waals surface area contributed by atoms with Crippen LogP contribution in [0.25, 0.3) is 5.76 Å². The first-order valence-corrected chi connectivity index (χ1v) is 9.58. The summed E-state index contributed by atoms with van der Waals surface area (Å²) >= 11 is 5.94. The molecule has 152 valence electrons. The number of ketones is 1. The lowest BCUT2D eigenvalue weighted by atomic mass is 9.94. The van der Waals surface area contributed by atoms with E-state index in [1.165, 1.54) is 18.3 Å². The van der Waals surface area contributed by atoms with E-state index in [-0.39, 0.29) is 17.9 Å². The molecule has 1 amide bonds. The number of likely N-dealkylation sites (tertiary alicyclic amines) is 1. The molecule has 3 aromatic rings. The molecule has 0 aliphatic carbocycles. The average Bonchev–Trinajstić information content (AvgIpc) is 3.36. The molecule has 0 radical (unpaired) electrons. The van der Waals surface area contributed by atoms with E-state index < -0.39 is 17.7 Å². The SMILES string of the molecule is COc1ccccc1[C@@H]1/C(=C(\O)c2ccc(Cl)cc2)C(=O)C(=O)N1Cc1ccco1. The van der Waals surface area contributed by atoms with Gasteiger partial charge in [0.05, 0.1) is 31.5 Å². The van der Waals surface area contributed by atoms with Gasteiger partial charge in [-0.05, 0) is 42.5 Å². The molecule has 1 atom stereocenters. The van der Waals surface area contributed by atoms with Crippen LogP contribution < -0.4 is 4.74 Å². The number of methoxy groups -OCH3 is 1. The van der Waals surface area contributed by atoms with Gasteiger partial charge in [0.2, 0.25) is 0 Å². The molecule has 0 saturated carbocycles. The number of furan rings is 1. The summed E-state index contributed by atoms with van der Waals surface area (Å²) in [6.07, 6.45) is 1.50. The number of carbonyl (C=O) groups excluding carboxylic acids is 2. The molecule has 4 rings (SSSR count). The maximum absolute atomic E-state index is 13.0. The Morgan fingerprint density at radius 2 is 1.83 bits per heavy atom. The first kappa shape index (κ1) is 19.8. The van der Waals surface area contributed by atoms with Crippen LogP contribution in [0.15, 0.2) is 76.9 Å². The highest BCUT2D eigenvalue weighted by Gasteiger charge is 2.47. The molecular weight excluding hydrogens is 406 g/mol. The van der Waals surface area contributed by atoms with Crippen molar-refractivity contribution in [1.29, 1.82) is 0 Å².